The molecule has 0 heterocycles. The van der Waals surface area contributed by atoms with Gasteiger partial charge in [0.1, 0.15) is 5.75 Å². The van der Waals surface area contributed by atoms with Crippen LogP contribution in [0.25, 0.3) is 0 Å². The highest BCUT2D eigenvalue weighted by atomic mass is 19.4. The van der Waals surface area contributed by atoms with Gasteiger partial charge >= 0.3 is 12.4 Å². The van der Waals surface area contributed by atoms with Crippen LogP contribution in [0.2, 0.25) is 0 Å². The highest BCUT2D eigenvalue weighted by Gasteiger charge is 2.57. The summed E-state index contributed by atoms with van der Waals surface area (Å²) >= 11 is 0. The molecule has 0 radical (unpaired) electrons. The van der Waals surface area contributed by atoms with Crippen LogP contribution >= 0.6 is 0 Å². The Bertz CT molecular complexity index is 542. The molecule has 0 saturated heterocycles. The molecule has 114 valence electrons. The van der Waals surface area contributed by atoms with Crippen molar-refractivity contribution in [3.8, 4) is 5.75 Å². The van der Waals surface area contributed by atoms with Crippen molar-refractivity contribution in [1.29, 1.82) is 0 Å². The first kappa shape index (κ1) is 14.0. The summed E-state index contributed by atoms with van der Waals surface area (Å²) in [6, 6.07) is 5.28. The Morgan fingerprint density at radius 1 is 1.33 bits per heavy atom. The molecule has 3 saturated carbocycles. The van der Waals surface area contributed by atoms with Crippen LogP contribution in [0.5, 0.6) is 5.75 Å². The van der Waals surface area contributed by atoms with Crippen LogP contribution in [-0.2, 0) is 6.54 Å². The van der Waals surface area contributed by atoms with Gasteiger partial charge in [0.15, 0.2) is 0 Å². The molecule has 3 aliphatic carbocycles. The van der Waals surface area contributed by atoms with Gasteiger partial charge in [-0.05, 0) is 42.9 Å². The van der Waals surface area contributed by atoms with Crippen molar-refractivity contribution >= 4 is 6.03 Å². The average Bonchev–Trinajstić information content (AvgIpc) is 2.28. The lowest BCUT2D eigenvalue weighted by Crippen LogP contribution is -2.69. The van der Waals surface area contributed by atoms with E-state index in [0.29, 0.717) is 5.56 Å². The van der Waals surface area contributed by atoms with Crippen molar-refractivity contribution in [3.05, 3.63) is 29.8 Å². The van der Waals surface area contributed by atoms with E-state index in [2.05, 4.69) is 15.4 Å². The number of benzene rings is 1. The second kappa shape index (κ2) is 4.82. The summed E-state index contributed by atoms with van der Waals surface area (Å²) in [4.78, 5) is 11.7. The molecular formula is C14H15F3N2O2. The monoisotopic (exact) mass is 300 g/mol. The van der Waals surface area contributed by atoms with E-state index in [4.69, 9.17) is 0 Å². The number of alkyl halides is 3. The Balaban J connectivity index is 1.50. The summed E-state index contributed by atoms with van der Waals surface area (Å²) in [5, 5.41) is 5.57. The van der Waals surface area contributed by atoms with Crippen molar-refractivity contribution < 1.29 is 22.7 Å². The molecule has 2 amide bonds. The Morgan fingerprint density at radius 3 is 2.62 bits per heavy atom. The van der Waals surface area contributed by atoms with Gasteiger partial charge < -0.3 is 15.4 Å². The predicted octanol–water partition coefficient (Wildman–Crippen LogP) is 2.94. The molecule has 1 aromatic carbocycles. The third kappa shape index (κ3) is 3.22. The zero-order chi connectivity index (χ0) is 15.1. The summed E-state index contributed by atoms with van der Waals surface area (Å²) < 4.78 is 40.2. The lowest BCUT2D eigenvalue weighted by atomic mass is 9.50. The Labute approximate surface area is 119 Å². The van der Waals surface area contributed by atoms with E-state index in [-0.39, 0.29) is 23.9 Å². The van der Waals surface area contributed by atoms with Crippen LogP contribution in [0.1, 0.15) is 24.8 Å². The van der Waals surface area contributed by atoms with Crippen LogP contribution in [0.4, 0.5) is 18.0 Å². The summed E-state index contributed by atoms with van der Waals surface area (Å²) in [5.74, 6) is 0.475. The first-order valence-electron chi connectivity index (χ1n) is 6.74. The fourth-order valence-corrected chi connectivity index (χ4v) is 2.95. The average molecular weight is 300 g/mol. The molecule has 0 aromatic heterocycles. The number of nitrogens with one attached hydrogen (secondary N) is 2. The first-order chi connectivity index (χ1) is 9.84. The molecule has 4 rings (SSSR count). The molecule has 3 aliphatic rings. The standard InChI is InChI=1S/C14H15F3N2O2/c15-14(16,17)21-11-3-1-2-9(4-11)8-18-12(20)19-13-5-10(6-13)7-13/h1-4,10H,5-8H2,(H2,18,19,20). The lowest BCUT2D eigenvalue weighted by Gasteiger charge is -2.61. The van der Waals surface area contributed by atoms with Gasteiger partial charge in [0.25, 0.3) is 0 Å². The van der Waals surface area contributed by atoms with Crippen molar-refractivity contribution in [3.63, 3.8) is 0 Å². The third-order valence-electron chi connectivity index (χ3n) is 4.00. The molecule has 0 aliphatic heterocycles. The fraction of sp³-hybridized carbons (Fsp3) is 0.500. The number of carbonyl (C=O) groups is 1. The summed E-state index contributed by atoms with van der Waals surface area (Å²) in [6.07, 6.45) is -1.60. The molecule has 3 fully saturated rings. The minimum Gasteiger partial charge on any atom is -0.406 e. The van der Waals surface area contributed by atoms with Crippen molar-refractivity contribution in [2.24, 2.45) is 5.92 Å². The summed E-state index contributed by atoms with van der Waals surface area (Å²) in [5.41, 5.74) is 0.528. The number of ether oxygens (including phenoxy) is 1. The van der Waals surface area contributed by atoms with Crippen LogP contribution in [0.3, 0.4) is 0 Å². The maximum atomic E-state index is 12.1. The summed E-state index contributed by atoms with van der Waals surface area (Å²) in [6.45, 7) is 0.153. The molecule has 7 heteroatoms. The second-order valence-corrected chi connectivity index (χ2v) is 5.76. The zero-order valence-corrected chi connectivity index (χ0v) is 11.2. The van der Waals surface area contributed by atoms with E-state index in [1.165, 1.54) is 18.2 Å². The third-order valence-corrected chi connectivity index (χ3v) is 4.00. The number of halogens is 3. The Kier molecular flexibility index (Phi) is 3.22. The molecular weight excluding hydrogens is 285 g/mol. The van der Waals surface area contributed by atoms with Crippen LogP contribution in [0.15, 0.2) is 24.3 Å². The SMILES string of the molecule is O=C(NCc1cccc(OC(F)(F)F)c1)NC12CC(C1)C2. The Morgan fingerprint density at radius 2 is 2.05 bits per heavy atom. The number of hydrogen-bond donors (Lipinski definition) is 2. The van der Waals surface area contributed by atoms with Crippen LogP contribution < -0.4 is 15.4 Å². The quantitative estimate of drug-likeness (QED) is 0.898. The highest BCUT2D eigenvalue weighted by Crippen LogP contribution is 2.56. The largest absolute Gasteiger partial charge is 0.573 e. The van der Waals surface area contributed by atoms with Crippen molar-refractivity contribution in [2.45, 2.75) is 37.7 Å². The number of hydrogen-bond acceptors (Lipinski definition) is 2. The lowest BCUT2D eigenvalue weighted by molar-refractivity contribution is -0.274. The molecule has 0 spiro atoms. The molecule has 2 N–H and O–H groups in total. The fourth-order valence-electron chi connectivity index (χ4n) is 2.95. The molecule has 4 nitrogen and oxygen atoms in total. The number of rotatable bonds is 4. The molecule has 1 aromatic rings. The van der Waals surface area contributed by atoms with Crippen molar-refractivity contribution in [2.75, 3.05) is 0 Å². The Hall–Kier alpha value is -1.92. The first-order valence-corrected chi connectivity index (χ1v) is 6.74. The maximum Gasteiger partial charge on any atom is 0.573 e. The van der Waals surface area contributed by atoms with Gasteiger partial charge in [0.2, 0.25) is 0 Å². The van der Waals surface area contributed by atoms with Crippen molar-refractivity contribution in [1.82, 2.24) is 10.6 Å². The number of carbonyl (C=O) groups excluding carboxylic acids is 1. The van der Waals surface area contributed by atoms with Gasteiger partial charge in [-0.25, -0.2) is 4.79 Å². The van der Waals surface area contributed by atoms with Gasteiger partial charge in [0.05, 0.1) is 0 Å². The number of urea groups is 1. The molecule has 21 heavy (non-hydrogen) atoms. The van der Waals surface area contributed by atoms with E-state index >= 15 is 0 Å². The van der Waals surface area contributed by atoms with Gasteiger partial charge in [-0.15, -0.1) is 13.2 Å². The van der Waals surface area contributed by atoms with Gasteiger partial charge in [-0.1, -0.05) is 12.1 Å². The molecule has 2 bridgehead atoms. The van der Waals surface area contributed by atoms with Gasteiger partial charge in [-0.3, -0.25) is 0 Å². The minimum absolute atomic E-state index is 0.0179. The van der Waals surface area contributed by atoms with Gasteiger partial charge in [0, 0.05) is 12.1 Å². The van der Waals surface area contributed by atoms with E-state index in [9.17, 15) is 18.0 Å². The smallest absolute Gasteiger partial charge is 0.406 e. The van der Waals surface area contributed by atoms with E-state index in [0.717, 1.165) is 25.2 Å². The number of amides is 2. The topological polar surface area (TPSA) is 50.4 Å². The maximum absolute atomic E-state index is 12.1. The molecule has 0 unspecified atom stereocenters. The predicted molar refractivity (Wildman–Crippen MR) is 68.6 cm³/mol. The normalized spacial score (nSPS) is 26.3. The highest BCUT2D eigenvalue weighted by molar-refractivity contribution is 5.75. The van der Waals surface area contributed by atoms with Crippen LogP contribution in [-0.4, -0.2) is 17.9 Å². The second-order valence-electron chi connectivity index (χ2n) is 5.76. The van der Waals surface area contributed by atoms with E-state index in [1.54, 1.807) is 6.07 Å². The molecule has 0 atom stereocenters. The van der Waals surface area contributed by atoms with Crippen LogP contribution in [0, 0.1) is 5.92 Å². The minimum atomic E-state index is -4.71. The van der Waals surface area contributed by atoms with Gasteiger partial charge in [-0.2, -0.15) is 0 Å². The van der Waals surface area contributed by atoms with E-state index < -0.39 is 6.36 Å². The zero-order valence-electron chi connectivity index (χ0n) is 11.2. The summed E-state index contributed by atoms with van der Waals surface area (Å²) in [7, 11) is 0. The van der Waals surface area contributed by atoms with E-state index in [1.807, 2.05) is 0 Å².